The number of aryl methyl sites for hydroxylation is 3. The van der Waals surface area contributed by atoms with Crippen molar-refractivity contribution in [3.63, 3.8) is 0 Å². The monoisotopic (exact) mass is 377 g/mol. The van der Waals surface area contributed by atoms with Crippen LogP contribution in [0, 0.1) is 30.9 Å². The Hall–Kier alpha value is -3.48. The molecule has 0 aliphatic rings. The molecule has 1 heterocycles. The molecule has 28 heavy (non-hydrogen) atoms. The first-order valence-corrected chi connectivity index (χ1v) is 9.08. The van der Waals surface area contributed by atoms with Crippen molar-refractivity contribution >= 4 is 28.7 Å². The lowest BCUT2D eigenvalue weighted by Gasteiger charge is -2.22. The van der Waals surface area contributed by atoms with E-state index in [0.717, 1.165) is 28.1 Å². The Bertz CT molecular complexity index is 1020. The zero-order valence-corrected chi connectivity index (χ0v) is 16.4. The molecule has 0 atom stereocenters. The molecule has 0 unspecified atom stereocenters. The molecule has 3 rings (SSSR count). The summed E-state index contributed by atoms with van der Waals surface area (Å²) in [6, 6.07) is 13.7. The second-order valence-corrected chi connectivity index (χ2v) is 6.68. The molecule has 0 aliphatic carbocycles. The van der Waals surface area contributed by atoms with Crippen LogP contribution < -0.4 is 10.2 Å². The summed E-state index contributed by atoms with van der Waals surface area (Å²) in [5.41, 5.74) is 4.66. The Morgan fingerprint density at radius 3 is 2.46 bits per heavy atom. The van der Waals surface area contributed by atoms with Crippen molar-refractivity contribution in [1.82, 2.24) is 9.97 Å². The van der Waals surface area contributed by atoms with Crippen molar-refractivity contribution < 1.29 is 4.92 Å². The fourth-order valence-electron chi connectivity index (χ4n) is 3.16. The van der Waals surface area contributed by atoms with Crippen LogP contribution in [0.25, 0.3) is 0 Å². The van der Waals surface area contributed by atoms with Crippen LogP contribution in [-0.4, -0.2) is 21.4 Å². The average Bonchev–Trinajstić information content (AvgIpc) is 2.65. The van der Waals surface area contributed by atoms with Gasteiger partial charge in [-0.05, 0) is 57.0 Å². The number of hydrogen-bond acceptors (Lipinski definition) is 6. The molecule has 0 saturated heterocycles. The van der Waals surface area contributed by atoms with Crippen LogP contribution in [0.4, 0.5) is 28.7 Å². The minimum atomic E-state index is -0.431. The maximum Gasteiger partial charge on any atom is 0.354 e. The van der Waals surface area contributed by atoms with Gasteiger partial charge in [0.2, 0.25) is 11.6 Å². The van der Waals surface area contributed by atoms with Crippen molar-refractivity contribution in [2.24, 2.45) is 0 Å². The van der Waals surface area contributed by atoms with Gasteiger partial charge in [0, 0.05) is 17.9 Å². The van der Waals surface area contributed by atoms with Gasteiger partial charge in [0.15, 0.2) is 0 Å². The number of aromatic nitrogens is 2. The number of nitrogens with zero attached hydrogens (tertiary/aromatic N) is 4. The minimum Gasteiger partial charge on any atom is -0.334 e. The second kappa shape index (κ2) is 8.04. The van der Waals surface area contributed by atoms with Crippen LogP contribution in [-0.2, 0) is 0 Å². The van der Waals surface area contributed by atoms with Crippen LogP contribution in [0.15, 0.2) is 48.8 Å². The zero-order chi connectivity index (χ0) is 20.3. The van der Waals surface area contributed by atoms with E-state index in [2.05, 4.69) is 15.3 Å². The fraction of sp³-hybridized carbons (Fsp3) is 0.238. The van der Waals surface area contributed by atoms with Gasteiger partial charge in [-0.1, -0.05) is 29.8 Å². The molecule has 1 aromatic heterocycles. The van der Waals surface area contributed by atoms with Gasteiger partial charge >= 0.3 is 5.69 Å². The van der Waals surface area contributed by atoms with Gasteiger partial charge < -0.3 is 10.2 Å². The molecule has 2 aromatic carbocycles. The summed E-state index contributed by atoms with van der Waals surface area (Å²) in [4.78, 5) is 21.7. The smallest absolute Gasteiger partial charge is 0.334 e. The molecule has 0 radical (unpaired) electrons. The third-order valence-corrected chi connectivity index (χ3v) is 4.51. The summed E-state index contributed by atoms with van der Waals surface area (Å²) in [7, 11) is 0. The van der Waals surface area contributed by atoms with E-state index in [1.165, 1.54) is 6.33 Å². The van der Waals surface area contributed by atoms with Crippen molar-refractivity contribution in [3.05, 3.63) is 75.6 Å². The molecule has 0 spiro atoms. The molecule has 7 heteroatoms. The van der Waals surface area contributed by atoms with Crippen molar-refractivity contribution in [3.8, 4) is 0 Å². The van der Waals surface area contributed by atoms with E-state index in [4.69, 9.17) is 0 Å². The molecular formula is C21H23N5O2. The highest BCUT2D eigenvalue weighted by Gasteiger charge is 2.27. The molecule has 0 bridgehead atoms. The van der Waals surface area contributed by atoms with E-state index in [0.29, 0.717) is 6.54 Å². The molecule has 0 amide bonds. The summed E-state index contributed by atoms with van der Waals surface area (Å²) in [6.07, 6.45) is 1.35. The average molecular weight is 377 g/mol. The molecule has 1 N–H and O–H groups in total. The molecule has 0 fully saturated rings. The van der Waals surface area contributed by atoms with Gasteiger partial charge in [0.25, 0.3) is 0 Å². The fourth-order valence-corrected chi connectivity index (χ4v) is 3.16. The van der Waals surface area contributed by atoms with Gasteiger partial charge in [0.05, 0.1) is 4.92 Å². The highest BCUT2D eigenvalue weighted by atomic mass is 16.6. The highest BCUT2D eigenvalue weighted by Crippen LogP contribution is 2.37. The first kappa shape index (κ1) is 19.3. The zero-order valence-electron chi connectivity index (χ0n) is 16.4. The first-order valence-electron chi connectivity index (χ1n) is 9.08. The molecule has 144 valence electrons. The third kappa shape index (κ3) is 3.93. The van der Waals surface area contributed by atoms with E-state index in [9.17, 15) is 10.1 Å². The predicted molar refractivity (Wildman–Crippen MR) is 112 cm³/mol. The lowest BCUT2D eigenvalue weighted by molar-refractivity contribution is -0.383. The predicted octanol–water partition coefficient (Wildman–Crippen LogP) is 5.21. The number of rotatable bonds is 6. The Balaban J connectivity index is 2.10. The largest absolute Gasteiger partial charge is 0.354 e. The Morgan fingerprint density at radius 2 is 1.82 bits per heavy atom. The van der Waals surface area contributed by atoms with E-state index < -0.39 is 4.92 Å². The van der Waals surface area contributed by atoms with Crippen molar-refractivity contribution in [1.29, 1.82) is 0 Å². The maximum absolute atomic E-state index is 11.9. The quantitative estimate of drug-likeness (QED) is 0.469. The molecule has 0 saturated carbocycles. The van der Waals surface area contributed by atoms with Crippen LogP contribution >= 0.6 is 0 Å². The van der Waals surface area contributed by atoms with Crippen LogP contribution in [0.1, 0.15) is 23.6 Å². The summed E-state index contributed by atoms with van der Waals surface area (Å²) in [6.45, 7) is 8.41. The summed E-state index contributed by atoms with van der Waals surface area (Å²) in [5, 5.41) is 15.1. The number of nitrogens with one attached hydrogen (secondary N) is 1. The molecule has 0 aliphatic heterocycles. The summed E-state index contributed by atoms with van der Waals surface area (Å²) in [5.74, 6) is 0.438. The second-order valence-electron chi connectivity index (χ2n) is 6.68. The van der Waals surface area contributed by atoms with Crippen LogP contribution in [0.2, 0.25) is 0 Å². The molecule has 7 nitrogen and oxygen atoms in total. The van der Waals surface area contributed by atoms with Crippen LogP contribution in [0.5, 0.6) is 0 Å². The normalized spacial score (nSPS) is 10.6. The minimum absolute atomic E-state index is 0.147. The summed E-state index contributed by atoms with van der Waals surface area (Å²) >= 11 is 0. The standard InChI is InChI=1S/C21H23N5O2/c1-5-25(17-8-6-7-14(2)12-17)21-19(26(27)28)20(22-13-23-21)24-18-10-9-15(3)11-16(18)4/h6-13H,5H2,1-4H3,(H,22,23,24). The third-order valence-electron chi connectivity index (χ3n) is 4.51. The SMILES string of the molecule is CCN(c1cccc(C)c1)c1ncnc(Nc2ccc(C)cc2C)c1[N+](=O)[O-]. The van der Waals surface area contributed by atoms with Gasteiger partial charge in [-0.25, -0.2) is 9.97 Å². The number of hydrogen-bond donors (Lipinski definition) is 1. The number of nitro groups is 1. The molecule has 3 aromatic rings. The first-order chi connectivity index (χ1) is 13.4. The van der Waals surface area contributed by atoms with E-state index >= 15 is 0 Å². The van der Waals surface area contributed by atoms with Crippen molar-refractivity contribution in [2.75, 3.05) is 16.8 Å². The highest BCUT2D eigenvalue weighted by molar-refractivity contribution is 5.78. The maximum atomic E-state index is 11.9. The van der Waals surface area contributed by atoms with Gasteiger partial charge in [-0.2, -0.15) is 0 Å². The van der Waals surface area contributed by atoms with E-state index in [1.54, 1.807) is 0 Å². The van der Waals surface area contributed by atoms with E-state index in [1.807, 2.05) is 75.1 Å². The van der Waals surface area contributed by atoms with Crippen molar-refractivity contribution in [2.45, 2.75) is 27.7 Å². The Kier molecular flexibility index (Phi) is 5.54. The Morgan fingerprint density at radius 1 is 1.07 bits per heavy atom. The lowest BCUT2D eigenvalue weighted by Crippen LogP contribution is -2.20. The summed E-state index contributed by atoms with van der Waals surface area (Å²) < 4.78 is 0. The van der Waals surface area contributed by atoms with E-state index in [-0.39, 0.29) is 17.3 Å². The topological polar surface area (TPSA) is 84.2 Å². The van der Waals surface area contributed by atoms with Crippen LogP contribution in [0.3, 0.4) is 0 Å². The van der Waals surface area contributed by atoms with Gasteiger partial charge in [0.1, 0.15) is 6.33 Å². The molecular weight excluding hydrogens is 354 g/mol. The van der Waals surface area contributed by atoms with Gasteiger partial charge in [-0.3, -0.25) is 10.1 Å². The van der Waals surface area contributed by atoms with Gasteiger partial charge in [-0.15, -0.1) is 0 Å². The number of benzene rings is 2. The number of anilines is 4. The Labute approximate surface area is 164 Å². The lowest BCUT2D eigenvalue weighted by atomic mass is 10.1.